The Balaban J connectivity index is 2.37. The molecule has 0 saturated carbocycles. The van der Waals surface area contributed by atoms with E-state index >= 15 is 0 Å². The Labute approximate surface area is 107 Å². The molecule has 0 aliphatic carbocycles. The lowest BCUT2D eigenvalue weighted by molar-refractivity contribution is -0.149. The summed E-state index contributed by atoms with van der Waals surface area (Å²) in [6.07, 6.45) is 0. The van der Waals surface area contributed by atoms with E-state index in [2.05, 4.69) is 14.8 Å². The number of β-lactam (4-membered cyclic amide) rings is 1. The average molecular weight is 269 g/mol. The summed E-state index contributed by atoms with van der Waals surface area (Å²) in [5, 5.41) is 3.19. The number of methoxy groups -OCH3 is 1. The molecule has 2 atom stereocenters. The van der Waals surface area contributed by atoms with E-state index in [1.807, 2.05) is 0 Å². The molecular weight excluding hydrogens is 258 g/mol. The van der Waals surface area contributed by atoms with Gasteiger partial charge in [0.25, 0.3) is 0 Å². The van der Waals surface area contributed by atoms with E-state index in [1.165, 1.54) is 23.8 Å². The van der Waals surface area contributed by atoms with Crippen molar-refractivity contribution in [2.45, 2.75) is 11.4 Å². The number of carbonyl (C=O) groups is 2. The van der Waals surface area contributed by atoms with Crippen molar-refractivity contribution in [3.05, 3.63) is 21.7 Å². The molecule has 8 nitrogen and oxygen atoms in total. The van der Waals surface area contributed by atoms with Gasteiger partial charge in [0, 0.05) is 10.7 Å². The summed E-state index contributed by atoms with van der Waals surface area (Å²) >= 11 is 1.45. The zero-order valence-electron chi connectivity index (χ0n) is 9.57. The highest BCUT2D eigenvalue weighted by Crippen LogP contribution is 2.39. The van der Waals surface area contributed by atoms with Gasteiger partial charge in [-0.3, -0.25) is 9.69 Å². The minimum absolute atomic E-state index is 0.0413. The number of esters is 1. The van der Waals surface area contributed by atoms with Crippen LogP contribution in [0.5, 0.6) is 0 Å². The number of thioether (sulfide) groups is 1. The number of amides is 1. The minimum atomic E-state index is -0.608. The summed E-state index contributed by atoms with van der Waals surface area (Å²) in [6, 6.07) is -0.587. The van der Waals surface area contributed by atoms with Crippen LogP contribution in [0.3, 0.4) is 0 Å². The first-order valence-electron chi connectivity index (χ1n) is 5.13. The number of hydrogen-bond acceptors (Lipinski definition) is 6. The molecule has 1 unspecified atom stereocenters. The van der Waals surface area contributed by atoms with E-state index in [0.717, 1.165) is 0 Å². The molecule has 2 aliphatic rings. The Hall–Kier alpha value is -1.70. The normalized spacial score (nSPS) is 26.1. The Kier molecular flexibility index (Phi) is 3.46. The van der Waals surface area contributed by atoms with Gasteiger partial charge in [-0.05, 0) is 11.1 Å². The molecule has 0 spiro atoms. The number of carbonyl (C=O) groups excluding carboxylic acids is 2. The lowest BCUT2D eigenvalue weighted by Crippen LogP contribution is -2.68. The van der Waals surface area contributed by atoms with Crippen molar-refractivity contribution in [1.82, 2.24) is 4.90 Å². The predicted molar refractivity (Wildman–Crippen MR) is 64.1 cm³/mol. The van der Waals surface area contributed by atoms with E-state index in [9.17, 15) is 9.59 Å². The van der Waals surface area contributed by atoms with Gasteiger partial charge < -0.3 is 10.5 Å². The van der Waals surface area contributed by atoms with Crippen LogP contribution in [-0.4, -0.2) is 47.6 Å². The molecule has 18 heavy (non-hydrogen) atoms. The predicted octanol–water partition coefficient (Wildman–Crippen LogP) is -0.0338. The van der Waals surface area contributed by atoms with Gasteiger partial charge in [0.15, 0.2) is 0 Å². The highest BCUT2D eigenvalue weighted by atomic mass is 32.2. The minimum Gasteiger partial charge on any atom is -0.464 e. The second-order valence-electron chi connectivity index (χ2n) is 3.77. The van der Waals surface area contributed by atoms with Gasteiger partial charge in [-0.2, -0.15) is 0 Å². The molecule has 1 saturated heterocycles. The van der Waals surface area contributed by atoms with Crippen LogP contribution in [0.4, 0.5) is 0 Å². The zero-order chi connectivity index (χ0) is 13.3. The largest absolute Gasteiger partial charge is 0.464 e. The highest BCUT2D eigenvalue weighted by molar-refractivity contribution is 8.00. The molecule has 2 N–H and O–H groups in total. The maximum Gasteiger partial charge on any atom is 0.354 e. The van der Waals surface area contributed by atoms with Gasteiger partial charge in [0.05, 0.1) is 13.7 Å². The number of nitrogens with two attached hydrogens (primary N) is 1. The van der Waals surface area contributed by atoms with E-state index in [0.29, 0.717) is 11.3 Å². The first-order chi connectivity index (χ1) is 8.61. The van der Waals surface area contributed by atoms with Crippen molar-refractivity contribution in [3.8, 4) is 0 Å². The van der Waals surface area contributed by atoms with E-state index < -0.39 is 12.0 Å². The van der Waals surface area contributed by atoms with Crippen molar-refractivity contribution in [2.24, 2.45) is 10.8 Å². The molecular formula is C9H11N5O3S. The Bertz CT molecular complexity index is 485. The summed E-state index contributed by atoms with van der Waals surface area (Å²) in [5.41, 5.74) is 14.7. The smallest absolute Gasteiger partial charge is 0.354 e. The number of nitrogens with zero attached hydrogens (tertiary/aromatic N) is 4. The summed E-state index contributed by atoms with van der Waals surface area (Å²) in [4.78, 5) is 27.4. The average Bonchev–Trinajstić information content (AvgIpc) is 2.42. The molecule has 0 aromatic carbocycles. The van der Waals surface area contributed by atoms with Crippen LogP contribution >= 0.6 is 11.8 Å². The fourth-order valence-corrected chi connectivity index (χ4v) is 3.19. The topological polar surface area (TPSA) is 121 Å². The van der Waals surface area contributed by atoms with Crippen LogP contribution in [-0.2, 0) is 14.3 Å². The number of fused-ring (bicyclic) bond motifs is 1. The van der Waals surface area contributed by atoms with Crippen molar-refractivity contribution in [3.63, 3.8) is 0 Å². The molecule has 96 valence electrons. The van der Waals surface area contributed by atoms with Crippen LogP contribution in [0, 0.1) is 0 Å². The third-order valence-electron chi connectivity index (χ3n) is 2.79. The molecule has 0 radical (unpaired) electrons. The lowest BCUT2D eigenvalue weighted by Gasteiger charge is -2.48. The van der Waals surface area contributed by atoms with E-state index in [-0.39, 0.29) is 23.5 Å². The second kappa shape index (κ2) is 4.89. The fraction of sp³-hybridized carbons (Fsp3) is 0.556. The third-order valence-corrected chi connectivity index (χ3v) is 4.15. The Morgan fingerprint density at radius 1 is 1.78 bits per heavy atom. The van der Waals surface area contributed by atoms with Crippen LogP contribution in [0.25, 0.3) is 10.4 Å². The van der Waals surface area contributed by atoms with Crippen LogP contribution < -0.4 is 5.73 Å². The second-order valence-corrected chi connectivity index (χ2v) is 4.87. The monoisotopic (exact) mass is 269 g/mol. The molecule has 2 aliphatic heterocycles. The van der Waals surface area contributed by atoms with Gasteiger partial charge in [-0.25, -0.2) is 4.79 Å². The Morgan fingerprint density at radius 3 is 3.11 bits per heavy atom. The third kappa shape index (κ3) is 1.82. The molecule has 0 aromatic heterocycles. The molecule has 2 heterocycles. The van der Waals surface area contributed by atoms with Gasteiger partial charge in [-0.15, -0.1) is 11.8 Å². The van der Waals surface area contributed by atoms with Gasteiger partial charge in [0.2, 0.25) is 5.91 Å². The van der Waals surface area contributed by atoms with Crippen LogP contribution in [0.15, 0.2) is 16.4 Å². The van der Waals surface area contributed by atoms with Crippen molar-refractivity contribution in [2.75, 3.05) is 19.4 Å². The molecule has 0 aromatic rings. The first kappa shape index (κ1) is 12.7. The van der Waals surface area contributed by atoms with Crippen LogP contribution in [0.1, 0.15) is 0 Å². The highest BCUT2D eigenvalue weighted by Gasteiger charge is 2.51. The van der Waals surface area contributed by atoms with E-state index in [1.54, 1.807) is 0 Å². The van der Waals surface area contributed by atoms with E-state index in [4.69, 9.17) is 11.3 Å². The number of rotatable bonds is 3. The van der Waals surface area contributed by atoms with Crippen LogP contribution in [0.2, 0.25) is 0 Å². The maximum atomic E-state index is 11.7. The molecule has 1 fully saturated rings. The maximum absolute atomic E-state index is 11.7. The summed E-state index contributed by atoms with van der Waals surface area (Å²) in [7, 11) is 1.24. The first-order valence-corrected chi connectivity index (χ1v) is 6.18. The van der Waals surface area contributed by atoms with Crippen molar-refractivity contribution < 1.29 is 14.3 Å². The summed E-state index contributed by atoms with van der Waals surface area (Å²) in [6.45, 7) is 0.0413. The lowest BCUT2D eigenvalue weighted by atomic mass is 10.0. The summed E-state index contributed by atoms with van der Waals surface area (Å²) in [5.74, 6) is -0.430. The standard InChI is InChI=1S/C9H11N5O3S/c1-17-9(16)6-4(2-12-13-11)3-18-8-5(10)7(15)14(6)8/h5,8H,2-3,10H2,1H3/t5?,8-/m0/s1. The Morgan fingerprint density at radius 2 is 2.50 bits per heavy atom. The zero-order valence-corrected chi connectivity index (χ0v) is 10.4. The molecule has 9 heteroatoms. The number of hydrogen-bond donors (Lipinski definition) is 1. The molecule has 0 bridgehead atoms. The van der Waals surface area contributed by atoms with Gasteiger partial charge in [0.1, 0.15) is 17.1 Å². The molecule has 2 rings (SSSR count). The van der Waals surface area contributed by atoms with Crippen molar-refractivity contribution in [1.29, 1.82) is 0 Å². The quantitative estimate of drug-likeness (QED) is 0.253. The fourth-order valence-electron chi connectivity index (χ4n) is 1.90. The van der Waals surface area contributed by atoms with Crippen molar-refractivity contribution >= 4 is 23.6 Å². The van der Waals surface area contributed by atoms with Gasteiger partial charge in [-0.1, -0.05) is 5.11 Å². The number of ether oxygens (including phenoxy) is 1. The van der Waals surface area contributed by atoms with Gasteiger partial charge >= 0.3 is 5.97 Å². The summed E-state index contributed by atoms with van der Waals surface area (Å²) < 4.78 is 4.66. The molecule has 1 amide bonds. The number of azide groups is 1. The SMILES string of the molecule is COC(=O)C1=C(CN=[N+]=[N-])CS[C@H]2C(N)C(=O)N12.